The van der Waals surface area contributed by atoms with E-state index >= 15 is 0 Å². The Morgan fingerprint density at radius 2 is 2.08 bits per heavy atom. The van der Waals surface area contributed by atoms with Crippen molar-refractivity contribution in [2.24, 2.45) is 0 Å². The van der Waals surface area contributed by atoms with Crippen LogP contribution in [0.5, 0.6) is 11.6 Å². The highest BCUT2D eigenvalue weighted by Crippen LogP contribution is 2.18. The molecule has 0 amide bonds. The van der Waals surface area contributed by atoms with E-state index in [4.69, 9.17) is 14.2 Å². The highest BCUT2D eigenvalue weighted by atomic mass is 19.1. The zero-order valence-corrected chi connectivity index (χ0v) is 13.8. The van der Waals surface area contributed by atoms with Crippen molar-refractivity contribution in [3.05, 3.63) is 47.4 Å². The largest absolute Gasteiger partial charge is 0.497 e. The van der Waals surface area contributed by atoms with Gasteiger partial charge < -0.3 is 14.2 Å². The zero-order valence-electron chi connectivity index (χ0n) is 13.8. The SMILES string of the molecule is CCOC(=O)c1cnc(CF)nc1OCC(=O)c1cccc(OC)c1. The second-order valence-corrected chi connectivity index (χ2v) is 4.80. The molecule has 0 N–H and O–H groups in total. The third-order valence-electron chi connectivity index (χ3n) is 3.15. The number of methoxy groups -OCH3 is 1. The molecular formula is C17H17FN2O5. The maximum Gasteiger partial charge on any atom is 0.345 e. The second-order valence-electron chi connectivity index (χ2n) is 4.80. The molecule has 7 nitrogen and oxygen atoms in total. The van der Waals surface area contributed by atoms with Crippen LogP contribution >= 0.6 is 0 Å². The van der Waals surface area contributed by atoms with Gasteiger partial charge in [0.05, 0.1) is 13.7 Å². The summed E-state index contributed by atoms with van der Waals surface area (Å²) in [5, 5.41) is 0. The van der Waals surface area contributed by atoms with Crippen LogP contribution < -0.4 is 9.47 Å². The fourth-order valence-corrected chi connectivity index (χ4v) is 1.94. The summed E-state index contributed by atoms with van der Waals surface area (Å²) in [6.07, 6.45) is 1.12. The molecule has 132 valence electrons. The molecule has 0 bridgehead atoms. The monoisotopic (exact) mass is 348 g/mol. The minimum Gasteiger partial charge on any atom is -0.497 e. The number of halogens is 1. The van der Waals surface area contributed by atoms with Gasteiger partial charge in [0.15, 0.2) is 18.2 Å². The quantitative estimate of drug-likeness (QED) is 0.534. The fourth-order valence-electron chi connectivity index (χ4n) is 1.94. The minimum absolute atomic E-state index is 0.0718. The van der Waals surface area contributed by atoms with Crippen molar-refractivity contribution in [2.75, 3.05) is 20.3 Å². The van der Waals surface area contributed by atoms with Crippen molar-refractivity contribution in [2.45, 2.75) is 13.6 Å². The highest BCUT2D eigenvalue weighted by molar-refractivity contribution is 5.98. The average Bonchev–Trinajstić information content (AvgIpc) is 2.65. The molecule has 1 aromatic carbocycles. The number of Topliss-reactive ketones (excluding diaryl/α,β-unsaturated/α-hetero) is 1. The molecule has 25 heavy (non-hydrogen) atoms. The van der Waals surface area contributed by atoms with Crippen molar-refractivity contribution < 1.29 is 28.2 Å². The molecule has 1 heterocycles. The summed E-state index contributed by atoms with van der Waals surface area (Å²) in [6, 6.07) is 6.54. The van der Waals surface area contributed by atoms with Crippen molar-refractivity contribution >= 4 is 11.8 Å². The molecule has 0 aliphatic heterocycles. The summed E-state index contributed by atoms with van der Waals surface area (Å²) in [6.45, 7) is 0.471. The predicted molar refractivity (Wildman–Crippen MR) is 85.6 cm³/mol. The van der Waals surface area contributed by atoms with Gasteiger partial charge in [0.25, 0.3) is 0 Å². The summed E-state index contributed by atoms with van der Waals surface area (Å²) in [7, 11) is 1.49. The van der Waals surface area contributed by atoms with Crippen LogP contribution in [0.4, 0.5) is 4.39 Å². The van der Waals surface area contributed by atoms with Crippen LogP contribution in [0.2, 0.25) is 0 Å². The summed E-state index contributed by atoms with van der Waals surface area (Å²) in [5.41, 5.74) is 0.300. The Kier molecular flexibility index (Phi) is 6.39. The number of ketones is 1. The Balaban J connectivity index is 2.17. The van der Waals surface area contributed by atoms with Gasteiger partial charge in [-0.25, -0.2) is 14.2 Å². The van der Waals surface area contributed by atoms with E-state index in [0.29, 0.717) is 11.3 Å². The standard InChI is InChI=1S/C17H17FN2O5/c1-3-24-17(22)13-9-19-15(8-18)20-16(13)25-10-14(21)11-5-4-6-12(7-11)23-2/h4-7,9H,3,8,10H2,1-2H3. The van der Waals surface area contributed by atoms with E-state index < -0.39 is 12.6 Å². The van der Waals surface area contributed by atoms with Crippen LogP contribution in [0, 0.1) is 0 Å². The smallest absolute Gasteiger partial charge is 0.345 e. The third-order valence-corrected chi connectivity index (χ3v) is 3.15. The van der Waals surface area contributed by atoms with Gasteiger partial charge in [0.1, 0.15) is 18.0 Å². The Labute approximate surface area is 143 Å². The molecule has 0 atom stereocenters. The van der Waals surface area contributed by atoms with E-state index in [9.17, 15) is 14.0 Å². The number of esters is 1. The number of nitrogens with zero attached hydrogens (tertiary/aromatic N) is 2. The second kappa shape index (κ2) is 8.72. The van der Waals surface area contributed by atoms with Gasteiger partial charge in [0, 0.05) is 11.8 Å². The topological polar surface area (TPSA) is 87.6 Å². The van der Waals surface area contributed by atoms with Gasteiger partial charge in [-0.05, 0) is 19.1 Å². The van der Waals surface area contributed by atoms with Crippen LogP contribution in [-0.2, 0) is 11.4 Å². The molecule has 0 aliphatic carbocycles. The van der Waals surface area contributed by atoms with Crippen molar-refractivity contribution in [1.29, 1.82) is 0 Å². The van der Waals surface area contributed by atoms with Gasteiger partial charge in [-0.1, -0.05) is 12.1 Å². The van der Waals surface area contributed by atoms with E-state index in [1.807, 2.05) is 0 Å². The third kappa shape index (κ3) is 4.72. The Bertz CT molecular complexity index is 766. The molecule has 1 aromatic heterocycles. The summed E-state index contributed by atoms with van der Waals surface area (Å²) in [4.78, 5) is 31.6. The zero-order chi connectivity index (χ0) is 18.2. The number of hydrogen-bond donors (Lipinski definition) is 0. The number of alkyl halides is 1. The van der Waals surface area contributed by atoms with Gasteiger partial charge in [-0.15, -0.1) is 0 Å². The van der Waals surface area contributed by atoms with E-state index in [-0.39, 0.29) is 36.3 Å². The molecule has 2 rings (SSSR count). The first-order valence-corrected chi connectivity index (χ1v) is 7.48. The Hall–Kier alpha value is -3.03. The first kappa shape index (κ1) is 18.3. The summed E-state index contributed by atoms with van der Waals surface area (Å²) < 4.78 is 28.0. The first-order chi connectivity index (χ1) is 12.1. The number of ether oxygens (including phenoxy) is 3. The lowest BCUT2D eigenvalue weighted by atomic mass is 10.1. The summed E-state index contributed by atoms with van der Waals surface area (Å²) >= 11 is 0. The molecule has 0 spiro atoms. The van der Waals surface area contributed by atoms with Gasteiger partial charge in [-0.3, -0.25) is 4.79 Å². The number of carbonyl (C=O) groups is 2. The van der Waals surface area contributed by atoms with Crippen molar-refractivity contribution in [1.82, 2.24) is 9.97 Å². The van der Waals surface area contributed by atoms with Crippen LogP contribution in [0.25, 0.3) is 0 Å². The maximum absolute atomic E-state index is 12.8. The van der Waals surface area contributed by atoms with Crippen LogP contribution in [0.15, 0.2) is 30.5 Å². The maximum atomic E-state index is 12.8. The number of rotatable bonds is 8. The normalized spacial score (nSPS) is 10.2. The Morgan fingerprint density at radius 1 is 1.28 bits per heavy atom. The summed E-state index contributed by atoms with van der Waals surface area (Å²) in [5.74, 6) is -0.889. The lowest BCUT2D eigenvalue weighted by Crippen LogP contribution is -2.16. The lowest BCUT2D eigenvalue weighted by Gasteiger charge is -2.10. The lowest BCUT2D eigenvalue weighted by molar-refractivity contribution is 0.0518. The molecular weight excluding hydrogens is 331 g/mol. The first-order valence-electron chi connectivity index (χ1n) is 7.48. The van der Waals surface area contributed by atoms with E-state index in [0.717, 1.165) is 6.20 Å². The average molecular weight is 348 g/mol. The van der Waals surface area contributed by atoms with Crippen LogP contribution in [-0.4, -0.2) is 42.0 Å². The van der Waals surface area contributed by atoms with E-state index in [1.54, 1.807) is 31.2 Å². The molecule has 0 radical (unpaired) electrons. The van der Waals surface area contributed by atoms with E-state index in [1.165, 1.54) is 7.11 Å². The molecule has 0 saturated heterocycles. The molecule has 8 heteroatoms. The van der Waals surface area contributed by atoms with Crippen molar-refractivity contribution in [3.63, 3.8) is 0 Å². The minimum atomic E-state index is -0.927. The predicted octanol–water partition coefficient (Wildman–Crippen LogP) is 2.39. The molecule has 0 saturated carbocycles. The number of aromatic nitrogens is 2. The van der Waals surface area contributed by atoms with Crippen LogP contribution in [0.3, 0.4) is 0 Å². The van der Waals surface area contributed by atoms with Gasteiger partial charge in [-0.2, -0.15) is 4.98 Å². The van der Waals surface area contributed by atoms with Gasteiger partial charge >= 0.3 is 5.97 Å². The number of hydrogen-bond acceptors (Lipinski definition) is 7. The molecule has 2 aromatic rings. The highest BCUT2D eigenvalue weighted by Gasteiger charge is 2.19. The van der Waals surface area contributed by atoms with E-state index in [2.05, 4.69) is 9.97 Å². The molecule has 0 aliphatic rings. The number of benzene rings is 1. The molecule has 0 fully saturated rings. The molecule has 0 unspecified atom stereocenters. The van der Waals surface area contributed by atoms with Gasteiger partial charge in [0.2, 0.25) is 5.88 Å². The number of carbonyl (C=O) groups excluding carboxylic acids is 2. The Morgan fingerprint density at radius 3 is 2.76 bits per heavy atom. The van der Waals surface area contributed by atoms with Crippen molar-refractivity contribution in [3.8, 4) is 11.6 Å². The fraction of sp³-hybridized carbons (Fsp3) is 0.294. The van der Waals surface area contributed by atoms with Crippen LogP contribution in [0.1, 0.15) is 33.5 Å².